The van der Waals surface area contributed by atoms with Gasteiger partial charge >= 0.3 is 0 Å². The first-order valence-corrected chi connectivity index (χ1v) is 13.8. The first-order chi connectivity index (χ1) is 17.3. The molecule has 3 aromatic heterocycles. The lowest BCUT2D eigenvalue weighted by atomic mass is 9.97. The Morgan fingerprint density at radius 1 is 1.24 bits per heavy atom. The third-order valence-electron chi connectivity index (χ3n) is 6.28. The topological polar surface area (TPSA) is 124 Å². The van der Waals surface area contributed by atoms with E-state index in [1.165, 1.54) is 10.9 Å². The summed E-state index contributed by atoms with van der Waals surface area (Å²) in [6.07, 6.45) is 4.02. The number of aromatic nitrogens is 5. The summed E-state index contributed by atoms with van der Waals surface area (Å²) < 4.78 is 36.9. The van der Waals surface area contributed by atoms with Gasteiger partial charge in [0.1, 0.15) is 10.7 Å². The van der Waals surface area contributed by atoms with Gasteiger partial charge in [-0.15, -0.1) is 5.10 Å². The van der Waals surface area contributed by atoms with E-state index in [0.717, 1.165) is 6.42 Å². The minimum absolute atomic E-state index is 0.0462. The largest absolute Gasteiger partial charge is 0.476 e. The molecule has 37 heavy (non-hydrogen) atoms. The highest BCUT2D eigenvalue weighted by molar-refractivity contribution is 7.90. The maximum absolute atomic E-state index is 13.4. The Balaban J connectivity index is 1.72. The van der Waals surface area contributed by atoms with Gasteiger partial charge in [-0.05, 0) is 51.2 Å². The molecule has 1 saturated heterocycles. The number of anilines is 1. The van der Waals surface area contributed by atoms with E-state index in [0.29, 0.717) is 48.2 Å². The standard InChI is InChI=1S/C25H35N7O4S/c1-16(2)15-36-22-10-11-32(28-22)21-9-8-19(23(26-21)31-13-17(3)12-25(31,5)6)24(33)29-37(34,35)20-14-30(7)27-18(20)4/h8-11,14,16-17H,12-13,15H2,1-7H3,(H,29,33)/t17-/m0/s1. The molecule has 0 spiro atoms. The molecule has 4 heterocycles. The highest BCUT2D eigenvalue weighted by Gasteiger charge is 2.39. The molecule has 0 aromatic carbocycles. The van der Waals surface area contributed by atoms with Gasteiger partial charge in [0.2, 0.25) is 5.88 Å². The van der Waals surface area contributed by atoms with E-state index in [1.54, 1.807) is 43.0 Å². The van der Waals surface area contributed by atoms with Crippen LogP contribution in [0, 0.1) is 18.8 Å². The van der Waals surface area contributed by atoms with Crippen molar-refractivity contribution in [2.24, 2.45) is 18.9 Å². The van der Waals surface area contributed by atoms with Crippen molar-refractivity contribution >= 4 is 21.7 Å². The van der Waals surface area contributed by atoms with Crippen LogP contribution in [0.25, 0.3) is 5.82 Å². The Morgan fingerprint density at radius 2 is 1.97 bits per heavy atom. The van der Waals surface area contributed by atoms with Gasteiger partial charge < -0.3 is 9.64 Å². The van der Waals surface area contributed by atoms with Crippen LogP contribution in [-0.4, -0.2) is 57.6 Å². The van der Waals surface area contributed by atoms with Crippen LogP contribution in [-0.2, 0) is 17.1 Å². The summed E-state index contributed by atoms with van der Waals surface area (Å²) in [5.41, 5.74) is 0.189. The number of nitrogens with zero attached hydrogens (tertiary/aromatic N) is 6. The Kier molecular flexibility index (Phi) is 7.06. The number of pyridine rings is 1. The van der Waals surface area contributed by atoms with Crippen LogP contribution in [0.15, 0.2) is 35.5 Å². The predicted molar refractivity (Wildman–Crippen MR) is 139 cm³/mol. The van der Waals surface area contributed by atoms with Crippen LogP contribution in [0.1, 0.15) is 57.1 Å². The number of rotatable bonds is 8. The van der Waals surface area contributed by atoms with E-state index in [9.17, 15) is 13.2 Å². The first-order valence-electron chi connectivity index (χ1n) is 12.3. The van der Waals surface area contributed by atoms with Crippen LogP contribution >= 0.6 is 0 Å². The number of hydrogen-bond donors (Lipinski definition) is 1. The number of nitrogens with one attached hydrogen (secondary N) is 1. The number of amides is 1. The second-order valence-electron chi connectivity index (χ2n) is 10.8. The van der Waals surface area contributed by atoms with E-state index in [2.05, 4.69) is 54.4 Å². The smallest absolute Gasteiger partial charge is 0.268 e. The molecular weight excluding hydrogens is 494 g/mol. The summed E-state index contributed by atoms with van der Waals surface area (Å²) in [6, 6.07) is 5.00. The Labute approximate surface area is 217 Å². The molecule has 1 fully saturated rings. The Morgan fingerprint density at radius 3 is 2.57 bits per heavy atom. The van der Waals surface area contributed by atoms with Crippen molar-refractivity contribution in [1.29, 1.82) is 0 Å². The second-order valence-corrected chi connectivity index (χ2v) is 12.4. The van der Waals surface area contributed by atoms with Gasteiger partial charge in [0.05, 0.1) is 17.9 Å². The van der Waals surface area contributed by atoms with Gasteiger partial charge in [0.15, 0.2) is 5.82 Å². The molecule has 1 atom stereocenters. The van der Waals surface area contributed by atoms with Crippen molar-refractivity contribution in [2.45, 2.75) is 58.4 Å². The van der Waals surface area contributed by atoms with Crippen LogP contribution < -0.4 is 14.4 Å². The fourth-order valence-electron chi connectivity index (χ4n) is 4.75. The maximum Gasteiger partial charge on any atom is 0.268 e. The molecule has 0 unspecified atom stereocenters. The molecule has 200 valence electrons. The fourth-order valence-corrected chi connectivity index (χ4v) is 5.93. The molecule has 1 aliphatic rings. The molecular formula is C25H35N7O4S. The molecule has 11 nitrogen and oxygen atoms in total. The zero-order chi connectivity index (χ0) is 27.1. The lowest BCUT2D eigenvalue weighted by molar-refractivity contribution is 0.0981. The van der Waals surface area contributed by atoms with E-state index < -0.39 is 15.9 Å². The van der Waals surface area contributed by atoms with Crippen molar-refractivity contribution in [3.05, 3.63) is 41.9 Å². The molecule has 0 aliphatic carbocycles. The Hall–Kier alpha value is -3.41. The van der Waals surface area contributed by atoms with Crippen molar-refractivity contribution in [3.63, 3.8) is 0 Å². The summed E-state index contributed by atoms with van der Waals surface area (Å²) in [7, 11) is -2.51. The average molecular weight is 530 g/mol. The van der Waals surface area contributed by atoms with Crippen molar-refractivity contribution in [2.75, 3.05) is 18.1 Å². The van der Waals surface area contributed by atoms with Gasteiger partial charge in [-0.1, -0.05) is 20.8 Å². The molecule has 12 heteroatoms. The molecule has 1 amide bonds. The van der Waals surface area contributed by atoms with Crippen LogP contribution in [0.2, 0.25) is 0 Å². The lowest BCUT2D eigenvalue weighted by Gasteiger charge is -2.34. The summed E-state index contributed by atoms with van der Waals surface area (Å²) in [6.45, 7) is 13.2. The van der Waals surface area contributed by atoms with Crippen molar-refractivity contribution in [1.82, 2.24) is 29.3 Å². The first kappa shape index (κ1) is 26.6. The van der Waals surface area contributed by atoms with E-state index in [4.69, 9.17) is 9.72 Å². The second kappa shape index (κ2) is 9.81. The summed E-state index contributed by atoms with van der Waals surface area (Å²) >= 11 is 0. The van der Waals surface area contributed by atoms with E-state index in [-0.39, 0.29) is 16.0 Å². The maximum atomic E-state index is 13.4. The van der Waals surface area contributed by atoms with Gasteiger partial charge in [0.25, 0.3) is 15.9 Å². The normalized spacial score (nSPS) is 17.4. The fraction of sp³-hybridized carbons (Fsp3) is 0.520. The number of sulfonamides is 1. The minimum atomic E-state index is -4.13. The zero-order valence-corrected chi connectivity index (χ0v) is 23.2. The number of ether oxygens (including phenoxy) is 1. The number of aryl methyl sites for hydroxylation is 2. The summed E-state index contributed by atoms with van der Waals surface area (Å²) in [5, 5.41) is 8.55. The zero-order valence-electron chi connectivity index (χ0n) is 22.4. The monoisotopic (exact) mass is 529 g/mol. The van der Waals surface area contributed by atoms with Crippen molar-refractivity contribution < 1.29 is 17.9 Å². The molecule has 0 saturated carbocycles. The van der Waals surface area contributed by atoms with Crippen LogP contribution in [0.3, 0.4) is 0 Å². The van der Waals surface area contributed by atoms with Crippen LogP contribution in [0.4, 0.5) is 5.82 Å². The van der Waals surface area contributed by atoms with E-state index >= 15 is 0 Å². The van der Waals surface area contributed by atoms with Gasteiger partial charge in [0, 0.05) is 37.6 Å². The molecule has 3 aromatic rings. The highest BCUT2D eigenvalue weighted by atomic mass is 32.2. The van der Waals surface area contributed by atoms with E-state index in [1.807, 2.05) is 0 Å². The minimum Gasteiger partial charge on any atom is -0.476 e. The quantitative estimate of drug-likeness (QED) is 0.472. The van der Waals surface area contributed by atoms with Gasteiger partial charge in [-0.25, -0.2) is 22.8 Å². The third kappa shape index (κ3) is 5.63. The number of hydrogen-bond acceptors (Lipinski definition) is 8. The molecule has 4 rings (SSSR count). The summed E-state index contributed by atoms with van der Waals surface area (Å²) in [5.74, 6) is 1.36. The third-order valence-corrected chi connectivity index (χ3v) is 7.72. The number of carbonyl (C=O) groups excluding carboxylic acids is 1. The molecule has 0 bridgehead atoms. The summed E-state index contributed by atoms with van der Waals surface area (Å²) in [4.78, 5) is 20.2. The molecule has 1 N–H and O–H groups in total. The predicted octanol–water partition coefficient (Wildman–Crippen LogP) is 3.09. The Bertz CT molecular complexity index is 1410. The molecule has 1 aliphatic heterocycles. The number of carbonyl (C=O) groups is 1. The average Bonchev–Trinajstić information content (AvgIpc) is 3.48. The van der Waals surface area contributed by atoms with Gasteiger partial charge in [-0.3, -0.25) is 9.48 Å². The van der Waals surface area contributed by atoms with Gasteiger partial charge in [-0.2, -0.15) is 5.10 Å². The SMILES string of the molecule is Cc1nn(C)cc1S(=O)(=O)NC(=O)c1ccc(-n2ccc(OCC(C)C)n2)nc1N1C[C@@H](C)CC1(C)C. The molecule has 0 radical (unpaired) electrons. The lowest BCUT2D eigenvalue weighted by Crippen LogP contribution is -2.41. The van der Waals surface area contributed by atoms with Crippen LogP contribution in [0.5, 0.6) is 5.88 Å². The van der Waals surface area contributed by atoms with Crippen molar-refractivity contribution in [3.8, 4) is 11.7 Å². The highest BCUT2D eigenvalue weighted by Crippen LogP contribution is 2.37.